The minimum absolute atomic E-state index is 0. The van der Waals surface area contributed by atoms with Gasteiger partial charge in [-0.05, 0) is 45.4 Å². The maximum atomic E-state index is 8.59. The maximum Gasteiger partial charge on any atom is 0.0801 e. The van der Waals surface area contributed by atoms with Crippen LogP contribution in [0.15, 0.2) is 79.3 Å². The first-order chi connectivity index (χ1) is 24.0. The SMILES string of the molecule is [2H]C([2H])([2H])c1c[c-]c(-c2cc(C([2H])([2H])C(C)C)c([Si](C)(C)C)cn2)cc1.[2H]Cc1c[c-]c(-c2nc3ccncc3n2C)c2sc3ccccc3c12.[Ir]. The van der Waals surface area contributed by atoms with E-state index in [1.165, 1.54) is 16.2 Å². The van der Waals surface area contributed by atoms with Gasteiger partial charge >= 0.3 is 0 Å². The zero-order valence-corrected chi connectivity index (χ0v) is 31.0. The van der Waals surface area contributed by atoms with Crippen molar-refractivity contribution < 1.29 is 28.3 Å². The minimum Gasteiger partial charge on any atom is -0.366 e. The number of hydrogen-bond donors (Lipinski definition) is 0. The first kappa shape index (κ1) is 26.6. The normalized spacial score (nSPS) is 14.1. The van der Waals surface area contributed by atoms with Gasteiger partial charge in [0.25, 0.3) is 0 Å². The van der Waals surface area contributed by atoms with Crippen LogP contribution in [0.25, 0.3) is 53.9 Å². The topological polar surface area (TPSA) is 43.6 Å². The van der Waals surface area contributed by atoms with Gasteiger partial charge in [0.15, 0.2) is 0 Å². The van der Waals surface area contributed by atoms with E-state index in [9.17, 15) is 0 Å². The molecule has 0 unspecified atom stereocenters. The van der Waals surface area contributed by atoms with Crippen molar-refractivity contribution in [1.82, 2.24) is 19.5 Å². The Kier molecular flexibility index (Phi) is 7.92. The number of imidazole rings is 1. The molecule has 0 aliphatic rings. The van der Waals surface area contributed by atoms with E-state index < -0.39 is 21.3 Å². The number of thiophene rings is 1. The van der Waals surface area contributed by atoms with E-state index in [2.05, 4.69) is 70.6 Å². The Labute approximate surface area is 299 Å². The van der Waals surface area contributed by atoms with Gasteiger partial charge in [0.1, 0.15) is 0 Å². The van der Waals surface area contributed by atoms with E-state index in [1.807, 2.05) is 45.3 Å². The zero-order valence-electron chi connectivity index (χ0n) is 32.8. The summed E-state index contributed by atoms with van der Waals surface area (Å²) in [5, 5.41) is 3.38. The molecular formula is C39H40IrN4SSi-2. The number of aromatic nitrogens is 4. The Morgan fingerprint density at radius 3 is 2.57 bits per heavy atom. The van der Waals surface area contributed by atoms with E-state index in [-0.39, 0.29) is 38.5 Å². The summed E-state index contributed by atoms with van der Waals surface area (Å²) in [4.78, 5) is 13.6. The summed E-state index contributed by atoms with van der Waals surface area (Å²) in [6.45, 7) is 8.39. The van der Waals surface area contributed by atoms with Crippen molar-refractivity contribution >= 4 is 55.8 Å². The molecule has 1 radical (unpaired) electrons. The maximum absolute atomic E-state index is 8.59. The van der Waals surface area contributed by atoms with Crippen LogP contribution >= 0.6 is 11.3 Å². The molecule has 7 rings (SSSR count). The summed E-state index contributed by atoms with van der Waals surface area (Å²) in [7, 11) is 0.233. The summed E-state index contributed by atoms with van der Waals surface area (Å²) in [5.74, 6) is 0.714. The molecule has 0 atom stereocenters. The summed E-state index contributed by atoms with van der Waals surface area (Å²) >= 11 is 1.75. The summed E-state index contributed by atoms with van der Waals surface area (Å²) < 4.78 is 51.9. The quantitative estimate of drug-likeness (QED) is 0.128. The Morgan fingerprint density at radius 2 is 1.87 bits per heavy atom. The van der Waals surface area contributed by atoms with Crippen molar-refractivity contribution in [3.63, 3.8) is 0 Å². The molecule has 237 valence electrons. The predicted molar refractivity (Wildman–Crippen MR) is 195 cm³/mol. The Hall–Kier alpha value is -3.48. The van der Waals surface area contributed by atoms with Gasteiger partial charge in [-0.25, -0.2) is 0 Å². The van der Waals surface area contributed by atoms with E-state index in [0.29, 0.717) is 16.8 Å². The molecule has 4 nitrogen and oxygen atoms in total. The Balaban J connectivity index is 0.000000197. The molecule has 0 bridgehead atoms. The van der Waals surface area contributed by atoms with Crippen LogP contribution < -0.4 is 5.19 Å². The molecule has 0 spiro atoms. The van der Waals surface area contributed by atoms with Crippen LogP contribution in [0, 0.1) is 31.8 Å². The second-order valence-electron chi connectivity index (χ2n) is 12.5. The van der Waals surface area contributed by atoms with Gasteiger partial charge in [0, 0.05) is 52.5 Å². The number of fused-ring (bicyclic) bond motifs is 4. The molecule has 0 aliphatic heterocycles. The van der Waals surface area contributed by atoms with Crippen molar-refractivity contribution in [2.24, 2.45) is 13.0 Å². The van der Waals surface area contributed by atoms with Crippen molar-refractivity contribution in [1.29, 1.82) is 0 Å². The van der Waals surface area contributed by atoms with Gasteiger partial charge < -0.3 is 9.55 Å². The second-order valence-corrected chi connectivity index (χ2v) is 18.6. The van der Waals surface area contributed by atoms with E-state index >= 15 is 0 Å². The average molecular weight is 823 g/mol. The monoisotopic (exact) mass is 823 g/mol. The van der Waals surface area contributed by atoms with E-state index in [0.717, 1.165) is 43.3 Å². The van der Waals surface area contributed by atoms with Crippen LogP contribution in [0.1, 0.15) is 38.8 Å². The predicted octanol–water partition coefficient (Wildman–Crippen LogP) is 9.71. The summed E-state index contributed by atoms with van der Waals surface area (Å²) in [6.07, 6.45) is 3.93. The van der Waals surface area contributed by atoms with Crippen LogP contribution in [0.4, 0.5) is 0 Å². The first-order valence-corrected chi connectivity index (χ1v) is 19.3. The van der Waals surface area contributed by atoms with Crippen molar-refractivity contribution in [3.05, 3.63) is 108 Å². The fourth-order valence-electron chi connectivity index (χ4n) is 5.48. The van der Waals surface area contributed by atoms with Crippen molar-refractivity contribution in [3.8, 4) is 22.6 Å². The molecule has 0 amide bonds. The molecule has 0 aliphatic carbocycles. The smallest absolute Gasteiger partial charge is 0.0801 e. The number of hydrogen-bond acceptors (Lipinski definition) is 4. The van der Waals surface area contributed by atoms with Crippen LogP contribution in [0.5, 0.6) is 0 Å². The molecule has 0 saturated heterocycles. The number of nitrogens with zero attached hydrogens (tertiary/aromatic N) is 4. The molecule has 4 heterocycles. The molecular weight excluding hydrogens is 777 g/mol. The van der Waals surface area contributed by atoms with E-state index in [4.69, 9.17) is 13.2 Å². The third kappa shape index (κ3) is 6.79. The van der Waals surface area contributed by atoms with Crippen molar-refractivity contribution in [2.75, 3.05) is 0 Å². The average Bonchev–Trinajstić information content (AvgIpc) is 3.65. The van der Waals surface area contributed by atoms with Gasteiger partial charge in [0.2, 0.25) is 0 Å². The van der Waals surface area contributed by atoms with E-state index in [1.54, 1.807) is 35.9 Å². The Morgan fingerprint density at radius 1 is 1.04 bits per heavy atom. The van der Waals surface area contributed by atoms with Crippen LogP contribution in [0.2, 0.25) is 19.6 Å². The van der Waals surface area contributed by atoms with Crippen LogP contribution in [-0.4, -0.2) is 27.6 Å². The summed E-state index contributed by atoms with van der Waals surface area (Å²) in [5.41, 5.74) is 6.14. The fraction of sp³-hybridized carbons (Fsp3) is 0.256. The number of rotatable bonds is 5. The second kappa shape index (κ2) is 13.7. The molecule has 46 heavy (non-hydrogen) atoms. The van der Waals surface area contributed by atoms with Gasteiger partial charge in [-0.3, -0.25) is 9.97 Å². The molecule has 0 N–H and O–H groups in total. The first-order valence-electron chi connectivity index (χ1n) is 18.2. The van der Waals surface area contributed by atoms with Crippen LogP contribution in [-0.2, 0) is 33.5 Å². The molecule has 7 aromatic rings. The standard InChI is InChI=1S/C20H14N3S.C19H26NSi.Ir/c1-12-7-8-14(19-18(12)13-5-3-4-6-17(13)24-19)20-22-15-9-10-21-11-16(15)23(20)2;1-14(2)11-17-12-18(16-9-7-15(3)8-10-16)20-13-19(17)21(4,5)6;/h3-7,9-11H,1-2H3;7-9,12-14H,11H2,1-6H3;/q2*-1;/i1D;3D3,11D2;. The number of benzene rings is 3. The molecule has 4 aromatic heterocycles. The molecule has 0 saturated carbocycles. The largest absolute Gasteiger partial charge is 0.366 e. The third-order valence-corrected chi connectivity index (χ3v) is 10.9. The van der Waals surface area contributed by atoms with Gasteiger partial charge in [-0.15, -0.1) is 53.1 Å². The number of pyridine rings is 2. The third-order valence-electron chi connectivity index (χ3n) is 7.69. The summed E-state index contributed by atoms with van der Waals surface area (Å²) in [6, 6.07) is 25.2. The van der Waals surface area contributed by atoms with Gasteiger partial charge in [-0.1, -0.05) is 88.0 Å². The molecule has 3 aromatic carbocycles. The molecule has 0 fully saturated rings. The number of aryl methyl sites for hydroxylation is 3. The van der Waals surface area contributed by atoms with Gasteiger partial charge in [-0.2, -0.15) is 11.3 Å². The van der Waals surface area contributed by atoms with Crippen molar-refractivity contribution in [2.45, 2.75) is 53.6 Å². The minimum atomic E-state index is -2.16. The fourth-order valence-corrected chi connectivity index (χ4v) is 8.12. The zero-order chi connectivity index (χ0) is 36.9. The Bertz CT molecular complexity index is 2360. The van der Waals surface area contributed by atoms with Crippen LogP contribution in [0.3, 0.4) is 0 Å². The van der Waals surface area contributed by atoms with Gasteiger partial charge in [0.05, 0.1) is 31.1 Å². The molecule has 7 heteroatoms.